The molecule has 84 valence electrons. The lowest BCUT2D eigenvalue weighted by molar-refractivity contribution is 0.0946. The monoisotopic (exact) mass is 219 g/mol. The second kappa shape index (κ2) is 4.18. The van der Waals surface area contributed by atoms with Gasteiger partial charge < -0.3 is 5.32 Å². The van der Waals surface area contributed by atoms with Crippen LogP contribution in [-0.4, -0.2) is 25.9 Å². The molecule has 1 amide bonds. The molecular weight excluding hydrogens is 206 g/mol. The maximum atomic E-state index is 11.6. The van der Waals surface area contributed by atoms with Gasteiger partial charge in [-0.05, 0) is 13.0 Å². The van der Waals surface area contributed by atoms with Gasteiger partial charge in [0.25, 0.3) is 5.91 Å². The highest BCUT2D eigenvalue weighted by Gasteiger charge is 2.08. The van der Waals surface area contributed by atoms with Gasteiger partial charge in [0.05, 0.1) is 6.20 Å². The third-order valence-electron chi connectivity index (χ3n) is 2.52. The molecule has 2 N–H and O–H groups in total. The molecule has 0 saturated carbocycles. The molecule has 2 aromatic rings. The van der Waals surface area contributed by atoms with Gasteiger partial charge in [0.2, 0.25) is 0 Å². The van der Waals surface area contributed by atoms with E-state index < -0.39 is 0 Å². The van der Waals surface area contributed by atoms with Crippen molar-refractivity contribution >= 4 is 5.91 Å². The number of nitrogens with one attached hydrogen (secondary N) is 2. The van der Waals surface area contributed by atoms with Gasteiger partial charge in [0.15, 0.2) is 0 Å². The van der Waals surface area contributed by atoms with Crippen molar-refractivity contribution in [3.8, 4) is 0 Å². The molecule has 0 aliphatic rings. The smallest absolute Gasteiger partial charge is 0.269 e. The average Bonchev–Trinajstić information content (AvgIpc) is 2.89. The van der Waals surface area contributed by atoms with Crippen LogP contribution in [0.2, 0.25) is 0 Å². The van der Waals surface area contributed by atoms with Gasteiger partial charge in [0.1, 0.15) is 5.69 Å². The zero-order valence-electron chi connectivity index (χ0n) is 9.19. The average molecular weight is 219 g/mol. The number of aromatic nitrogens is 4. The Morgan fingerprint density at radius 2 is 2.44 bits per heavy atom. The largest absolute Gasteiger partial charge is 0.347 e. The van der Waals surface area contributed by atoms with Crippen LogP contribution in [0.5, 0.6) is 0 Å². The van der Waals surface area contributed by atoms with Crippen LogP contribution in [0.3, 0.4) is 0 Å². The summed E-state index contributed by atoms with van der Waals surface area (Å²) in [6.07, 6.45) is 3.30. The molecule has 0 atom stereocenters. The maximum Gasteiger partial charge on any atom is 0.269 e. The number of H-pyrrole nitrogens is 1. The minimum absolute atomic E-state index is 0.166. The minimum atomic E-state index is -0.166. The van der Waals surface area contributed by atoms with Crippen LogP contribution >= 0.6 is 0 Å². The molecule has 0 aliphatic carbocycles. The molecule has 0 unspecified atom stereocenters. The summed E-state index contributed by atoms with van der Waals surface area (Å²) in [7, 11) is 1.87. The van der Waals surface area contributed by atoms with Crippen LogP contribution < -0.4 is 5.32 Å². The van der Waals surface area contributed by atoms with Gasteiger partial charge in [-0.2, -0.15) is 10.2 Å². The van der Waals surface area contributed by atoms with Crippen molar-refractivity contribution in [2.75, 3.05) is 0 Å². The van der Waals surface area contributed by atoms with Crippen molar-refractivity contribution in [3.63, 3.8) is 0 Å². The Morgan fingerprint density at radius 1 is 1.62 bits per heavy atom. The molecule has 0 spiro atoms. The number of carbonyl (C=O) groups is 1. The summed E-state index contributed by atoms with van der Waals surface area (Å²) in [5, 5.41) is 13.2. The Hall–Kier alpha value is -2.11. The van der Waals surface area contributed by atoms with E-state index >= 15 is 0 Å². The predicted octanol–water partition coefficient (Wildman–Crippen LogP) is 0.382. The first-order valence-corrected chi connectivity index (χ1v) is 4.93. The summed E-state index contributed by atoms with van der Waals surface area (Å²) in [5.41, 5.74) is 2.52. The zero-order valence-corrected chi connectivity index (χ0v) is 9.19. The van der Waals surface area contributed by atoms with Gasteiger partial charge in [-0.1, -0.05) is 0 Å². The first kappa shape index (κ1) is 10.4. The lowest BCUT2D eigenvalue weighted by Crippen LogP contribution is -2.23. The first-order valence-electron chi connectivity index (χ1n) is 4.93. The molecule has 0 saturated heterocycles. The quantitative estimate of drug-likeness (QED) is 0.783. The highest BCUT2D eigenvalue weighted by atomic mass is 16.1. The lowest BCUT2D eigenvalue weighted by atomic mass is 10.2. The van der Waals surface area contributed by atoms with Crippen LogP contribution in [0, 0.1) is 6.92 Å². The van der Waals surface area contributed by atoms with E-state index in [4.69, 9.17) is 0 Å². The van der Waals surface area contributed by atoms with E-state index in [-0.39, 0.29) is 5.91 Å². The van der Waals surface area contributed by atoms with Crippen molar-refractivity contribution in [2.45, 2.75) is 13.5 Å². The molecule has 16 heavy (non-hydrogen) atoms. The first-order chi connectivity index (χ1) is 7.68. The maximum absolute atomic E-state index is 11.6. The van der Waals surface area contributed by atoms with Gasteiger partial charge in [-0.3, -0.25) is 14.6 Å². The predicted molar refractivity (Wildman–Crippen MR) is 57.7 cm³/mol. The molecule has 0 bridgehead atoms. The second-order valence-corrected chi connectivity index (χ2v) is 3.53. The third-order valence-corrected chi connectivity index (χ3v) is 2.52. The van der Waals surface area contributed by atoms with Gasteiger partial charge in [0, 0.05) is 31.0 Å². The Kier molecular flexibility index (Phi) is 2.72. The topological polar surface area (TPSA) is 75.6 Å². The molecular formula is C10H13N5O. The van der Waals surface area contributed by atoms with E-state index in [1.165, 1.54) is 0 Å². The number of aromatic amines is 1. The van der Waals surface area contributed by atoms with Crippen LogP contribution in [0.25, 0.3) is 0 Å². The van der Waals surface area contributed by atoms with Gasteiger partial charge in [-0.25, -0.2) is 0 Å². The summed E-state index contributed by atoms with van der Waals surface area (Å²) in [5.74, 6) is -0.166. The SMILES string of the molecule is Cc1c(CNC(=O)c2ccn[nH]2)cnn1C. The Morgan fingerprint density at radius 3 is 3.00 bits per heavy atom. The fraction of sp³-hybridized carbons (Fsp3) is 0.300. The van der Waals surface area contributed by atoms with E-state index in [9.17, 15) is 4.79 Å². The molecule has 6 heteroatoms. The highest BCUT2D eigenvalue weighted by Crippen LogP contribution is 2.05. The molecule has 2 rings (SSSR count). The summed E-state index contributed by atoms with van der Waals surface area (Å²) in [6, 6.07) is 1.63. The molecule has 6 nitrogen and oxygen atoms in total. The molecule has 0 radical (unpaired) electrons. The van der Waals surface area contributed by atoms with Crippen LogP contribution in [0.15, 0.2) is 18.5 Å². The van der Waals surface area contributed by atoms with Crippen LogP contribution in [0.4, 0.5) is 0 Å². The number of rotatable bonds is 3. The zero-order chi connectivity index (χ0) is 11.5. The minimum Gasteiger partial charge on any atom is -0.347 e. The number of amides is 1. The van der Waals surface area contributed by atoms with Crippen molar-refractivity contribution in [1.29, 1.82) is 0 Å². The normalized spacial score (nSPS) is 10.4. The number of aryl methyl sites for hydroxylation is 1. The van der Waals surface area contributed by atoms with Crippen LogP contribution in [0.1, 0.15) is 21.7 Å². The van der Waals surface area contributed by atoms with Crippen LogP contribution in [-0.2, 0) is 13.6 Å². The Bertz CT molecular complexity index is 485. The Labute approximate surface area is 92.7 Å². The third kappa shape index (κ3) is 1.95. The summed E-state index contributed by atoms with van der Waals surface area (Å²) in [6.45, 7) is 2.43. The molecule has 0 fully saturated rings. The number of carbonyl (C=O) groups excluding carboxylic acids is 1. The summed E-state index contributed by atoms with van der Waals surface area (Å²) >= 11 is 0. The van der Waals surface area contributed by atoms with E-state index in [2.05, 4.69) is 20.6 Å². The number of hydrogen-bond acceptors (Lipinski definition) is 3. The summed E-state index contributed by atoms with van der Waals surface area (Å²) in [4.78, 5) is 11.6. The van der Waals surface area contributed by atoms with Crippen molar-refractivity contribution in [2.24, 2.45) is 7.05 Å². The van der Waals surface area contributed by atoms with Gasteiger partial charge >= 0.3 is 0 Å². The highest BCUT2D eigenvalue weighted by molar-refractivity contribution is 5.92. The molecule has 0 aromatic carbocycles. The molecule has 2 heterocycles. The molecule has 2 aromatic heterocycles. The summed E-state index contributed by atoms with van der Waals surface area (Å²) < 4.78 is 1.78. The number of hydrogen-bond donors (Lipinski definition) is 2. The van der Waals surface area contributed by atoms with E-state index in [0.29, 0.717) is 12.2 Å². The van der Waals surface area contributed by atoms with Crippen molar-refractivity contribution in [3.05, 3.63) is 35.4 Å². The van der Waals surface area contributed by atoms with E-state index in [1.54, 1.807) is 23.1 Å². The van der Waals surface area contributed by atoms with E-state index in [0.717, 1.165) is 11.3 Å². The Balaban J connectivity index is 1.98. The van der Waals surface area contributed by atoms with E-state index in [1.807, 2.05) is 14.0 Å². The second-order valence-electron chi connectivity index (χ2n) is 3.53. The van der Waals surface area contributed by atoms with Crippen molar-refractivity contribution < 1.29 is 4.79 Å². The number of nitrogens with zero attached hydrogens (tertiary/aromatic N) is 3. The van der Waals surface area contributed by atoms with Gasteiger partial charge in [-0.15, -0.1) is 0 Å². The fourth-order valence-corrected chi connectivity index (χ4v) is 1.37. The van der Waals surface area contributed by atoms with Crippen molar-refractivity contribution in [1.82, 2.24) is 25.3 Å². The standard InChI is InChI=1S/C10H13N5O/c1-7-8(6-13-15(7)2)5-11-10(16)9-3-4-12-14-9/h3-4,6H,5H2,1-2H3,(H,11,16)(H,12,14). The molecule has 0 aliphatic heterocycles. The fourth-order valence-electron chi connectivity index (χ4n) is 1.37. The lowest BCUT2D eigenvalue weighted by Gasteiger charge is -2.02.